The monoisotopic (exact) mass is 241 g/mol. The SMILES string of the molecule is COc1c(Cl)ccc(CC2CCCN2)c1O. The van der Waals surface area contributed by atoms with Gasteiger partial charge in [-0.25, -0.2) is 0 Å². The fourth-order valence-corrected chi connectivity index (χ4v) is 2.37. The second kappa shape index (κ2) is 4.93. The quantitative estimate of drug-likeness (QED) is 0.854. The summed E-state index contributed by atoms with van der Waals surface area (Å²) in [6.45, 7) is 1.07. The Bertz CT molecular complexity index is 376. The number of ether oxygens (including phenoxy) is 1. The first-order valence-corrected chi connectivity index (χ1v) is 5.88. The van der Waals surface area contributed by atoms with Crippen molar-refractivity contribution in [2.24, 2.45) is 0 Å². The molecule has 16 heavy (non-hydrogen) atoms. The van der Waals surface area contributed by atoms with Crippen LogP contribution in [0.5, 0.6) is 11.5 Å². The molecular weight excluding hydrogens is 226 g/mol. The van der Waals surface area contributed by atoms with E-state index in [0.29, 0.717) is 16.8 Å². The molecule has 88 valence electrons. The first kappa shape index (κ1) is 11.6. The third-order valence-electron chi connectivity index (χ3n) is 3.00. The third-order valence-corrected chi connectivity index (χ3v) is 3.30. The Morgan fingerprint density at radius 1 is 1.56 bits per heavy atom. The van der Waals surface area contributed by atoms with Gasteiger partial charge in [-0.2, -0.15) is 0 Å². The van der Waals surface area contributed by atoms with Crippen molar-refractivity contribution >= 4 is 11.6 Å². The molecule has 0 bridgehead atoms. The summed E-state index contributed by atoms with van der Waals surface area (Å²) in [6, 6.07) is 4.08. The van der Waals surface area contributed by atoms with Gasteiger partial charge in [-0.05, 0) is 37.4 Å². The Morgan fingerprint density at radius 2 is 2.38 bits per heavy atom. The number of nitrogens with one attached hydrogen (secondary N) is 1. The van der Waals surface area contributed by atoms with Crippen LogP contribution >= 0.6 is 11.6 Å². The van der Waals surface area contributed by atoms with Gasteiger partial charge < -0.3 is 15.2 Å². The van der Waals surface area contributed by atoms with E-state index in [0.717, 1.165) is 24.9 Å². The lowest BCUT2D eigenvalue weighted by atomic mass is 10.0. The summed E-state index contributed by atoms with van der Waals surface area (Å²) in [4.78, 5) is 0. The number of rotatable bonds is 3. The molecule has 1 aliphatic heterocycles. The average molecular weight is 242 g/mol. The number of hydrogen-bond acceptors (Lipinski definition) is 3. The predicted octanol–water partition coefficient (Wildman–Crippen LogP) is 2.35. The summed E-state index contributed by atoms with van der Waals surface area (Å²) in [7, 11) is 1.51. The highest BCUT2D eigenvalue weighted by atomic mass is 35.5. The van der Waals surface area contributed by atoms with E-state index in [1.54, 1.807) is 6.07 Å². The van der Waals surface area contributed by atoms with Crippen molar-refractivity contribution in [3.8, 4) is 11.5 Å². The second-order valence-electron chi connectivity index (χ2n) is 4.09. The van der Waals surface area contributed by atoms with E-state index in [2.05, 4.69) is 5.32 Å². The normalized spacial score (nSPS) is 20.0. The van der Waals surface area contributed by atoms with E-state index in [1.807, 2.05) is 6.07 Å². The van der Waals surface area contributed by atoms with Crippen molar-refractivity contribution in [3.05, 3.63) is 22.7 Å². The van der Waals surface area contributed by atoms with E-state index in [4.69, 9.17) is 16.3 Å². The van der Waals surface area contributed by atoms with Gasteiger partial charge in [-0.1, -0.05) is 17.7 Å². The summed E-state index contributed by atoms with van der Waals surface area (Å²) in [5.41, 5.74) is 0.889. The topological polar surface area (TPSA) is 41.5 Å². The van der Waals surface area contributed by atoms with Crippen molar-refractivity contribution in [1.82, 2.24) is 5.32 Å². The summed E-state index contributed by atoms with van der Waals surface area (Å²) in [5, 5.41) is 13.8. The Morgan fingerprint density at radius 3 is 3.00 bits per heavy atom. The van der Waals surface area contributed by atoms with E-state index in [-0.39, 0.29) is 5.75 Å². The number of methoxy groups -OCH3 is 1. The number of aromatic hydroxyl groups is 1. The van der Waals surface area contributed by atoms with Gasteiger partial charge in [0.25, 0.3) is 0 Å². The second-order valence-corrected chi connectivity index (χ2v) is 4.49. The molecule has 1 aromatic carbocycles. The fourth-order valence-electron chi connectivity index (χ4n) is 2.14. The maximum Gasteiger partial charge on any atom is 0.179 e. The van der Waals surface area contributed by atoms with Crippen LogP contribution in [0.3, 0.4) is 0 Å². The minimum absolute atomic E-state index is 0.170. The molecular formula is C12H16ClNO2. The summed E-state index contributed by atoms with van der Waals surface area (Å²) < 4.78 is 5.08. The molecule has 1 aromatic rings. The number of halogens is 1. The lowest BCUT2D eigenvalue weighted by Gasteiger charge is -2.14. The molecule has 1 fully saturated rings. The van der Waals surface area contributed by atoms with E-state index in [1.165, 1.54) is 13.5 Å². The van der Waals surface area contributed by atoms with Gasteiger partial charge >= 0.3 is 0 Å². The Labute approximate surface area is 100 Å². The highest BCUT2D eigenvalue weighted by molar-refractivity contribution is 6.32. The molecule has 1 saturated heterocycles. The van der Waals surface area contributed by atoms with E-state index >= 15 is 0 Å². The van der Waals surface area contributed by atoms with Gasteiger partial charge in [0.1, 0.15) is 0 Å². The van der Waals surface area contributed by atoms with Crippen LogP contribution in [0.25, 0.3) is 0 Å². The largest absolute Gasteiger partial charge is 0.504 e. The predicted molar refractivity (Wildman–Crippen MR) is 64.4 cm³/mol. The van der Waals surface area contributed by atoms with Crippen molar-refractivity contribution in [2.75, 3.05) is 13.7 Å². The number of phenols is 1. The van der Waals surface area contributed by atoms with Gasteiger partial charge in [0.2, 0.25) is 0 Å². The minimum Gasteiger partial charge on any atom is -0.504 e. The molecule has 1 heterocycles. The lowest BCUT2D eigenvalue weighted by molar-refractivity contribution is 0.369. The van der Waals surface area contributed by atoms with Crippen LogP contribution in [-0.4, -0.2) is 24.8 Å². The minimum atomic E-state index is 0.170. The van der Waals surface area contributed by atoms with Gasteiger partial charge in [-0.15, -0.1) is 0 Å². The number of benzene rings is 1. The molecule has 0 aromatic heterocycles. The van der Waals surface area contributed by atoms with Crippen LogP contribution in [0.1, 0.15) is 18.4 Å². The maximum absolute atomic E-state index is 9.99. The summed E-state index contributed by atoms with van der Waals surface area (Å²) >= 11 is 5.92. The summed E-state index contributed by atoms with van der Waals surface area (Å²) in [5.74, 6) is 0.542. The molecule has 0 aliphatic carbocycles. The molecule has 4 heteroatoms. The first-order chi connectivity index (χ1) is 7.72. The molecule has 0 amide bonds. The third kappa shape index (κ3) is 2.25. The highest BCUT2D eigenvalue weighted by Crippen LogP contribution is 2.37. The van der Waals surface area contributed by atoms with Crippen LogP contribution in [-0.2, 0) is 6.42 Å². The zero-order valence-electron chi connectivity index (χ0n) is 9.29. The Hall–Kier alpha value is -0.930. The average Bonchev–Trinajstić information content (AvgIpc) is 2.76. The van der Waals surface area contributed by atoms with E-state index < -0.39 is 0 Å². The Kier molecular flexibility index (Phi) is 3.56. The lowest BCUT2D eigenvalue weighted by Crippen LogP contribution is -2.23. The molecule has 1 atom stereocenters. The van der Waals surface area contributed by atoms with Crippen molar-refractivity contribution in [1.29, 1.82) is 0 Å². The van der Waals surface area contributed by atoms with Crippen LogP contribution in [0.15, 0.2) is 12.1 Å². The molecule has 2 N–H and O–H groups in total. The van der Waals surface area contributed by atoms with Crippen LogP contribution in [0, 0.1) is 0 Å². The fraction of sp³-hybridized carbons (Fsp3) is 0.500. The van der Waals surface area contributed by atoms with Crippen molar-refractivity contribution < 1.29 is 9.84 Å². The summed E-state index contributed by atoms with van der Waals surface area (Å²) in [6.07, 6.45) is 3.18. The van der Waals surface area contributed by atoms with E-state index in [9.17, 15) is 5.11 Å². The highest BCUT2D eigenvalue weighted by Gasteiger charge is 2.18. The Balaban J connectivity index is 2.20. The standard InChI is InChI=1S/C12H16ClNO2/c1-16-12-10(13)5-4-8(11(12)15)7-9-3-2-6-14-9/h4-5,9,14-15H,2-3,6-7H2,1H3. The van der Waals surface area contributed by atoms with Crippen LogP contribution < -0.4 is 10.1 Å². The molecule has 2 rings (SSSR count). The zero-order chi connectivity index (χ0) is 11.5. The molecule has 0 radical (unpaired) electrons. The maximum atomic E-state index is 9.99. The number of phenolic OH excluding ortho intramolecular Hbond substituents is 1. The molecule has 1 aliphatic rings. The van der Waals surface area contributed by atoms with Gasteiger partial charge in [0, 0.05) is 6.04 Å². The van der Waals surface area contributed by atoms with Crippen LogP contribution in [0.2, 0.25) is 5.02 Å². The molecule has 3 nitrogen and oxygen atoms in total. The van der Waals surface area contributed by atoms with Crippen LogP contribution in [0.4, 0.5) is 0 Å². The van der Waals surface area contributed by atoms with Crippen molar-refractivity contribution in [2.45, 2.75) is 25.3 Å². The van der Waals surface area contributed by atoms with Gasteiger partial charge in [-0.3, -0.25) is 0 Å². The van der Waals surface area contributed by atoms with Gasteiger partial charge in [0.05, 0.1) is 12.1 Å². The smallest absolute Gasteiger partial charge is 0.179 e. The van der Waals surface area contributed by atoms with Gasteiger partial charge in [0.15, 0.2) is 11.5 Å². The van der Waals surface area contributed by atoms with Crippen molar-refractivity contribution in [3.63, 3.8) is 0 Å². The first-order valence-electron chi connectivity index (χ1n) is 5.50. The zero-order valence-corrected chi connectivity index (χ0v) is 10.0. The molecule has 0 spiro atoms. The molecule has 0 saturated carbocycles. The molecule has 1 unspecified atom stereocenters. The number of hydrogen-bond donors (Lipinski definition) is 2.